The molecular formula is C22H24N2O2. The minimum absolute atomic E-state index is 0.0340. The highest BCUT2D eigenvalue weighted by Gasteiger charge is 2.22. The summed E-state index contributed by atoms with van der Waals surface area (Å²) in [6.45, 7) is 2.78. The molecule has 4 nitrogen and oxygen atoms in total. The molecule has 4 heteroatoms. The Balaban J connectivity index is 1.43. The first kappa shape index (κ1) is 16.8. The zero-order valence-corrected chi connectivity index (χ0v) is 15.1. The molecular weight excluding hydrogens is 324 g/mol. The van der Waals surface area contributed by atoms with Gasteiger partial charge in [-0.1, -0.05) is 18.2 Å². The number of aryl methyl sites for hydroxylation is 2. The molecule has 0 unspecified atom stereocenters. The molecule has 1 aliphatic heterocycles. The van der Waals surface area contributed by atoms with E-state index in [0.29, 0.717) is 12.0 Å². The number of carbonyl (C=O) groups excluding carboxylic acids is 2. The van der Waals surface area contributed by atoms with Crippen LogP contribution in [0.1, 0.15) is 59.3 Å². The van der Waals surface area contributed by atoms with Crippen molar-refractivity contribution in [3.63, 3.8) is 0 Å². The fourth-order valence-corrected chi connectivity index (χ4v) is 3.94. The van der Waals surface area contributed by atoms with Gasteiger partial charge in [-0.25, -0.2) is 0 Å². The highest BCUT2D eigenvalue weighted by Crippen LogP contribution is 2.26. The topological polar surface area (TPSA) is 49.4 Å². The molecule has 0 spiro atoms. The van der Waals surface area contributed by atoms with Crippen molar-refractivity contribution >= 4 is 17.5 Å². The van der Waals surface area contributed by atoms with Gasteiger partial charge < -0.3 is 10.2 Å². The molecule has 1 saturated heterocycles. The highest BCUT2D eigenvalue weighted by atomic mass is 16.2. The summed E-state index contributed by atoms with van der Waals surface area (Å²) in [7, 11) is 0. The molecule has 0 radical (unpaired) electrons. The van der Waals surface area contributed by atoms with E-state index >= 15 is 0 Å². The number of anilines is 1. The molecule has 4 rings (SSSR count). The third-order valence-electron chi connectivity index (χ3n) is 5.48. The number of amides is 2. The number of hydrogen-bond acceptors (Lipinski definition) is 2. The Bertz CT molecular complexity index is 842. The summed E-state index contributed by atoms with van der Waals surface area (Å²) in [5.41, 5.74) is 5.50. The van der Waals surface area contributed by atoms with Gasteiger partial charge in [0.15, 0.2) is 0 Å². The van der Waals surface area contributed by atoms with Crippen molar-refractivity contribution in [3.05, 3.63) is 64.7 Å². The van der Waals surface area contributed by atoms with E-state index < -0.39 is 0 Å². The van der Waals surface area contributed by atoms with Crippen LogP contribution >= 0.6 is 0 Å². The molecule has 0 aromatic heterocycles. The molecule has 0 bridgehead atoms. The normalized spacial score (nSPS) is 17.3. The van der Waals surface area contributed by atoms with E-state index in [1.165, 1.54) is 24.0 Å². The maximum absolute atomic E-state index is 12.6. The molecule has 2 amide bonds. The molecule has 26 heavy (non-hydrogen) atoms. The molecule has 1 atom stereocenters. The molecule has 1 fully saturated rings. The van der Waals surface area contributed by atoms with E-state index in [1.807, 2.05) is 19.1 Å². The number of carbonyl (C=O) groups is 2. The van der Waals surface area contributed by atoms with Gasteiger partial charge in [-0.15, -0.1) is 0 Å². The second kappa shape index (κ2) is 6.94. The van der Waals surface area contributed by atoms with Crippen LogP contribution in [0.25, 0.3) is 0 Å². The minimum Gasteiger partial charge on any atom is -0.346 e. The molecule has 2 aromatic carbocycles. The lowest BCUT2D eigenvalue weighted by atomic mass is 10.0. The molecule has 2 aliphatic rings. The van der Waals surface area contributed by atoms with Crippen LogP contribution < -0.4 is 10.2 Å². The summed E-state index contributed by atoms with van der Waals surface area (Å²) >= 11 is 0. The second-order valence-electron chi connectivity index (χ2n) is 7.27. The van der Waals surface area contributed by atoms with Gasteiger partial charge in [0.25, 0.3) is 5.91 Å². The SMILES string of the molecule is C[C@@H](NC(=O)c1ccc(N2CCCC2=O)cc1)c1ccc2c(c1)CCC2. The Hall–Kier alpha value is -2.62. The first-order valence-electron chi connectivity index (χ1n) is 9.45. The van der Waals surface area contributed by atoms with Crippen molar-refractivity contribution in [1.29, 1.82) is 0 Å². The third-order valence-corrected chi connectivity index (χ3v) is 5.48. The summed E-state index contributed by atoms with van der Waals surface area (Å²) in [6.07, 6.45) is 5.05. The van der Waals surface area contributed by atoms with Crippen LogP contribution in [0.2, 0.25) is 0 Å². The number of fused-ring (bicyclic) bond motifs is 1. The third kappa shape index (κ3) is 3.24. The van der Waals surface area contributed by atoms with Crippen LogP contribution in [0.4, 0.5) is 5.69 Å². The van der Waals surface area contributed by atoms with E-state index in [4.69, 9.17) is 0 Å². The van der Waals surface area contributed by atoms with Gasteiger partial charge in [0, 0.05) is 24.2 Å². The van der Waals surface area contributed by atoms with Crippen LogP contribution in [0.15, 0.2) is 42.5 Å². The minimum atomic E-state index is -0.0858. The van der Waals surface area contributed by atoms with Crippen molar-refractivity contribution in [3.8, 4) is 0 Å². The van der Waals surface area contributed by atoms with Crippen LogP contribution in [0.5, 0.6) is 0 Å². The molecule has 1 N–H and O–H groups in total. The maximum Gasteiger partial charge on any atom is 0.251 e. The number of nitrogens with one attached hydrogen (secondary N) is 1. The fraction of sp³-hybridized carbons (Fsp3) is 0.364. The molecule has 1 heterocycles. The Kier molecular flexibility index (Phi) is 4.49. The lowest BCUT2D eigenvalue weighted by Gasteiger charge is -2.17. The first-order valence-corrected chi connectivity index (χ1v) is 9.45. The van der Waals surface area contributed by atoms with Crippen LogP contribution in [0, 0.1) is 0 Å². The Morgan fingerprint density at radius 1 is 1.00 bits per heavy atom. The maximum atomic E-state index is 12.6. The van der Waals surface area contributed by atoms with Crippen LogP contribution in [-0.4, -0.2) is 18.4 Å². The van der Waals surface area contributed by atoms with E-state index in [-0.39, 0.29) is 17.9 Å². The lowest BCUT2D eigenvalue weighted by molar-refractivity contribution is -0.117. The van der Waals surface area contributed by atoms with E-state index in [0.717, 1.165) is 30.6 Å². The van der Waals surface area contributed by atoms with Crippen LogP contribution in [-0.2, 0) is 17.6 Å². The lowest BCUT2D eigenvalue weighted by Crippen LogP contribution is -2.27. The number of benzene rings is 2. The number of rotatable bonds is 4. The van der Waals surface area contributed by atoms with Crippen LogP contribution in [0.3, 0.4) is 0 Å². The van der Waals surface area contributed by atoms with Crippen molar-refractivity contribution in [2.45, 2.75) is 45.1 Å². The van der Waals surface area contributed by atoms with Gasteiger partial charge in [0.1, 0.15) is 0 Å². The monoisotopic (exact) mass is 348 g/mol. The van der Waals surface area contributed by atoms with E-state index in [1.54, 1.807) is 17.0 Å². The average Bonchev–Trinajstić information content (AvgIpc) is 3.29. The smallest absolute Gasteiger partial charge is 0.251 e. The van der Waals surface area contributed by atoms with Crippen molar-refractivity contribution in [2.24, 2.45) is 0 Å². The van der Waals surface area contributed by atoms with Gasteiger partial charge in [-0.3, -0.25) is 9.59 Å². The summed E-state index contributed by atoms with van der Waals surface area (Å²) in [5.74, 6) is 0.0738. The predicted molar refractivity (Wildman–Crippen MR) is 102 cm³/mol. The molecule has 2 aromatic rings. The average molecular weight is 348 g/mol. The summed E-state index contributed by atoms with van der Waals surface area (Å²) in [5, 5.41) is 3.08. The molecule has 1 aliphatic carbocycles. The van der Waals surface area contributed by atoms with Gasteiger partial charge >= 0.3 is 0 Å². The van der Waals surface area contributed by atoms with Crippen molar-refractivity contribution in [1.82, 2.24) is 5.32 Å². The Morgan fingerprint density at radius 2 is 1.77 bits per heavy atom. The van der Waals surface area contributed by atoms with Crippen molar-refractivity contribution in [2.75, 3.05) is 11.4 Å². The van der Waals surface area contributed by atoms with Crippen molar-refractivity contribution < 1.29 is 9.59 Å². The van der Waals surface area contributed by atoms with Gasteiger partial charge in [0.2, 0.25) is 5.91 Å². The zero-order valence-electron chi connectivity index (χ0n) is 15.1. The summed E-state index contributed by atoms with van der Waals surface area (Å²) in [6, 6.07) is 13.8. The Morgan fingerprint density at radius 3 is 2.50 bits per heavy atom. The van der Waals surface area contributed by atoms with Gasteiger partial charge in [-0.05, 0) is 73.6 Å². The number of hydrogen-bond donors (Lipinski definition) is 1. The summed E-state index contributed by atoms with van der Waals surface area (Å²) in [4.78, 5) is 26.2. The van der Waals surface area contributed by atoms with E-state index in [2.05, 4.69) is 23.5 Å². The highest BCUT2D eigenvalue weighted by molar-refractivity contribution is 5.97. The summed E-state index contributed by atoms with van der Waals surface area (Å²) < 4.78 is 0. The fourth-order valence-electron chi connectivity index (χ4n) is 3.94. The second-order valence-corrected chi connectivity index (χ2v) is 7.27. The predicted octanol–water partition coefficient (Wildman–Crippen LogP) is 3.79. The quantitative estimate of drug-likeness (QED) is 0.914. The first-order chi connectivity index (χ1) is 12.6. The zero-order chi connectivity index (χ0) is 18.1. The largest absolute Gasteiger partial charge is 0.346 e. The van der Waals surface area contributed by atoms with Gasteiger partial charge in [-0.2, -0.15) is 0 Å². The number of nitrogens with zero attached hydrogens (tertiary/aromatic N) is 1. The molecule has 0 saturated carbocycles. The standard InChI is InChI=1S/C22H24N2O2/c1-15(18-8-7-16-4-2-5-19(16)14-18)23-22(26)17-9-11-20(12-10-17)24-13-3-6-21(24)25/h7-12,14-15H,2-6,13H2,1H3,(H,23,26)/t15-/m1/s1. The Labute approximate surface area is 154 Å². The van der Waals surface area contributed by atoms with E-state index in [9.17, 15) is 9.59 Å². The molecule has 134 valence electrons. The van der Waals surface area contributed by atoms with Gasteiger partial charge in [0.05, 0.1) is 6.04 Å².